The number of nitrogens with zero attached hydrogens (tertiary/aromatic N) is 2. The number of aliphatic hydroxyl groups excluding tert-OH is 1. The molecule has 2 aliphatic rings. The van der Waals surface area contributed by atoms with Gasteiger partial charge in [-0.05, 0) is 50.2 Å². The van der Waals surface area contributed by atoms with Crippen LogP contribution in [-0.2, 0) is 19.1 Å². The zero-order valence-corrected chi connectivity index (χ0v) is 28.1. The summed E-state index contributed by atoms with van der Waals surface area (Å²) in [6.07, 6.45) is -0.552. The Bertz CT molecular complexity index is 1520. The molecule has 2 aromatic carbocycles. The molecule has 0 aliphatic carbocycles. The van der Waals surface area contributed by atoms with Crippen LogP contribution in [0, 0.1) is 0 Å². The van der Waals surface area contributed by atoms with Gasteiger partial charge in [0.1, 0.15) is 23.0 Å². The van der Waals surface area contributed by atoms with E-state index in [1.165, 1.54) is 30.9 Å². The molecular weight excluding hydrogens is 627 g/mol. The molecule has 0 fully saturated rings. The zero-order valence-electron chi connectivity index (χ0n) is 26.6. The fourth-order valence-corrected chi connectivity index (χ4v) is 4.24. The van der Waals surface area contributed by atoms with Crippen LogP contribution in [0.15, 0.2) is 47.9 Å². The third-order valence-corrected chi connectivity index (χ3v) is 6.98. The molecule has 0 bridgehead atoms. The van der Waals surface area contributed by atoms with E-state index in [4.69, 9.17) is 37.4 Å². The molecule has 4 amide bonds. The fraction of sp³-hybridized carbons (Fsp3) is 0.355. The average Bonchev–Trinajstić information content (AvgIpc) is 3.40. The molecule has 12 nitrogen and oxygen atoms in total. The Balaban J connectivity index is 0.000000272. The van der Waals surface area contributed by atoms with Crippen molar-refractivity contribution in [3.63, 3.8) is 0 Å². The molecule has 0 aromatic heterocycles. The molecule has 14 heteroatoms. The molecule has 0 saturated carbocycles. The third kappa shape index (κ3) is 9.29. The molecule has 2 aromatic rings. The SMILES string of the molecule is CC(=O)N(C)C.COc1cc(Cl)ccc1C1=C(O)C(C)NC1=O.COc1cc(Cl)ccc1C1=C(OC(=O)N(C)C)C(C)NC1=O. The normalized spacial score (nSPS) is 16.9. The number of carbonyl (C=O) groups excluding carboxylic acids is 4. The van der Waals surface area contributed by atoms with Crippen LogP contribution < -0.4 is 20.1 Å². The fourth-order valence-electron chi connectivity index (χ4n) is 3.92. The minimum Gasteiger partial charge on any atom is -0.509 e. The van der Waals surface area contributed by atoms with Crippen molar-refractivity contribution in [1.29, 1.82) is 0 Å². The first-order chi connectivity index (χ1) is 21.0. The van der Waals surface area contributed by atoms with E-state index in [9.17, 15) is 24.3 Å². The Labute approximate surface area is 272 Å². The van der Waals surface area contributed by atoms with Gasteiger partial charge in [0.05, 0.1) is 37.4 Å². The number of hydrogen-bond donors (Lipinski definition) is 3. The number of hydrogen-bond acceptors (Lipinski definition) is 8. The number of amides is 4. The van der Waals surface area contributed by atoms with Crippen LogP contribution in [-0.4, -0.2) is 93.2 Å². The van der Waals surface area contributed by atoms with Crippen molar-refractivity contribution >= 4 is 58.2 Å². The van der Waals surface area contributed by atoms with Crippen molar-refractivity contribution in [1.82, 2.24) is 20.4 Å². The standard InChI is InChI=1S/C15H17ClN2O4.C12H12ClNO3.C4H9NO/c1-8-13(22-15(20)18(2)3)12(14(19)17-8)10-6-5-9(16)7-11(10)21-4;1-6-11(15)10(12(16)14-6)8-4-3-7(13)5-9(8)17-2;1-4(6)5(2)3/h5-8H,1-4H3,(H,17,19);3-6,15H,1-2H3,(H,14,16);1-3H3. The topological polar surface area (TPSA) is 147 Å². The van der Waals surface area contributed by atoms with Crippen molar-refractivity contribution in [3.05, 3.63) is 69.1 Å². The highest BCUT2D eigenvalue weighted by atomic mass is 35.5. The largest absolute Gasteiger partial charge is 0.509 e. The molecule has 2 unspecified atom stereocenters. The van der Waals surface area contributed by atoms with Gasteiger partial charge in [-0.1, -0.05) is 23.2 Å². The summed E-state index contributed by atoms with van der Waals surface area (Å²) in [5.41, 5.74) is 1.58. The van der Waals surface area contributed by atoms with E-state index in [1.807, 2.05) is 0 Å². The highest BCUT2D eigenvalue weighted by molar-refractivity contribution is 6.31. The molecule has 4 rings (SSSR count). The minimum absolute atomic E-state index is 0.0237. The van der Waals surface area contributed by atoms with E-state index in [2.05, 4.69) is 10.6 Å². The maximum atomic E-state index is 12.2. The van der Waals surface area contributed by atoms with Crippen molar-refractivity contribution in [2.75, 3.05) is 42.4 Å². The second-order valence-corrected chi connectivity index (χ2v) is 11.1. The van der Waals surface area contributed by atoms with E-state index in [-0.39, 0.29) is 46.4 Å². The second kappa shape index (κ2) is 16.1. The maximum absolute atomic E-state index is 12.2. The summed E-state index contributed by atoms with van der Waals surface area (Å²) in [5.74, 6) is 0.647. The lowest BCUT2D eigenvalue weighted by atomic mass is 10.0. The highest BCUT2D eigenvalue weighted by Gasteiger charge is 2.35. The van der Waals surface area contributed by atoms with Crippen LogP contribution in [0.5, 0.6) is 11.5 Å². The zero-order chi connectivity index (χ0) is 34.2. The number of benzene rings is 2. The van der Waals surface area contributed by atoms with E-state index < -0.39 is 12.1 Å². The van der Waals surface area contributed by atoms with Crippen LogP contribution in [0.1, 0.15) is 31.9 Å². The predicted octanol–water partition coefficient (Wildman–Crippen LogP) is 4.51. The number of nitrogens with one attached hydrogen (secondary N) is 2. The van der Waals surface area contributed by atoms with Gasteiger partial charge in [-0.2, -0.15) is 0 Å². The predicted molar refractivity (Wildman–Crippen MR) is 172 cm³/mol. The smallest absolute Gasteiger partial charge is 0.414 e. The third-order valence-electron chi connectivity index (χ3n) is 6.51. The second-order valence-electron chi connectivity index (χ2n) is 10.3. The molecule has 45 heavy (non-hydrogen) atoms. The first kappa shape index (κ1) is 36.8. The van der Waals surface area contributed by atoms with Crippen LogP contribution >= 0.6 is 23.2 Å². The van der Waals surface area contributed by atoms with Gasteiger partial charge in [-0.15, -0.1) is 0 Å². The number of carbonyl (C=O) groups is 4. The molecule has 2 heterocycles. The van der Waals surface area contributed by atoms with Gasteiger partial charge >= 0.3 is 6.09 Å². The van der Waals surface area contributed by atoms with Gasteiger partial charge in [0.15, 0.2) is 0 Å². The molecule has 0 spiro atoms. The van der Waals surface area contributed by atoms with Crippen LogP contribution in [0.4, 0.5) is 4.79 Å². The first-order valence-electron chi connectivity index (χ1n) is 13.6. The highest BCUT2D eigenvalue weighted by Crippen LogP contribution is 2.36. The Morgan fingerprint density at radius 1 is 0.778 bits per heavy atom. The van der Waals surface area contributed by atoms with Crippen molar-refractivity contribution < 1.29 is 38.5 Å². The number of ether oxygens (including phenoxy) is 3. The van der Waals surface area contributed by atoms with E-state index in [1.54, 1.807) is 78.4 Å². The van der Waals surface area contributed by atoms with Gasteiger partial charge < -0.3 is 39.8 Å². The summed E-state index contributed by atoms with van der Waals surface area (Å²) in [6, 6.07) is 9.04. The Hall–Kier alpha value is -4.42. The van der Waals surface area contributed by atoms with Gasteiger partial charge in [0.2, 0.25) is 5.91 Å². The summed E-state index contributed by atoms with van der Waals surface area (Å²) in [4.78, 5) is 48.7. The summed E-state index contributed by atoms with van der Waals surface area (Å²) < 4.78 is 15.8. The Morgan fingerprint density at radius 2 is 1.20 bits per heavy atom. The molecule has 2 atom stereocenters. The molecule has 0 saturated heterocycles. The quantitative estimate of drug-likeness (QED) is 0.423. The average molecular weight is 666 g/mol. The van der Waals surface area contributed by atoms with Crippen molar-refractivity contribution in [3.8, 4) is 11.5 Å². The lowest BCUT2D eigenvalue weighted by Gasteiger charge is -2.15. The summed E-state index contributed by atoms with van der Waals surface area (Å²) in [7, 11) is 9.56. The lowest BCUT2D eigenvalue weighted by Crippen LogP contribution is -2.29. The lowest BCUT2D eigenvalue weighted by molar-refractivity contribution is -0.126. The van der Waals surface area contributed by atoms with E-state index in [0.717, 1.165) is 0 Å². The Morgan fingerprint density at radius 3 is 1.58 bits per heavy atom. The van der Waals surface area contributed by atoms with Gasteiger partial charge in [0.25, 0.3) is 11.8 Å². The number of halogens is 2. The first-order valence-corrected chi connectivity index (χ1v) is 14.3. The molecular formula is C31H38Cl2N4O8. The molecule has 2 aliphatic heterocycles. The Kier molecular flexibility index (Phi) is 13.1. The monoisotopic (exact) mass is 664 g/mol. The summed E-state index contributed by atoms with van der Waals surface area (Å²) >= 11 is 11.8. The van der Waals surface area contributed by atoms with Crippen molar-refractivity contribution in [2.24, 2.45) is 0 Å². The summed E-state index contributed by atoms with van der Waals surface area (Å²) in [6.45, 7) is 4.98. The maximum Gasteiger partial charge on any atom is 0.414 e. The van der Waals surface area contributed by atoms with Crippen LogP contribution in [0.3, 0.4) is 0 Å². The van der Waals surface area contributed by atoms with Crippen LogP contribution in [0.25, 0.3) is 11.1 Å². The minimum atomic E-state index is -0.552. The van der Waals surface area contributed by atoms with E-state index in [0.29, 0.717) is 32.7 Å². The molecule has 0 radical (unpaired) electrons. The summed E-state index contributed by atoms with van der Waals surface area (Å²) in [5, 5.41) is 16.2. The van der Waals surface area contributed by atoms with Gasteiger partial charge in [-0.3, -0.25) is 14.4 Å². The van der Waals surface area contributed by atoms with E-state index >= 15 is 0 Å². The number of aliphatic hydroxyl groups is 1. The van der Waals surface area contributed by atoms with Crippen LogP contribution in [0.2, 0.25) is 10.0 Å². The van der Waals surface area contributed by atoms with Gasteiger partial charge in [-0.25, -0.2) is 4.79 Å². The number of methoxy groups -OCH3 is 2. The number of rotatable bonds is 5. The van der Waals surface area contributed by atoms with Crippen molar-refractivity contribution in [2.45, 2.75) is 32.9 Å². The molecule has 3 N–H and O–H groups in total. The molecule has 244 valence electrons. The van der Waals surface area contributed by atoms with Gasteiger partial charge in [0, 0.05) is 56.3 Å².